The molecule has 0 aliphatic carbocycles. The average molecular weight is 262 g/mol. The van der Waals surface area contributed by atoms with Crippen molar-refractivity contribution in [3.05, 3.63) is 64.7 Å². The summed E-state index contributed by atoms with van der Waals surface area (Å²) in [6.45, 7) is 1.85. The van der Waals surface area contributed by atoms with Crippen LogP contribution in [0.5, 0.6) is 0 Å². The number of fused-ring (bicyclic) bond motifs is 1. The summed E-state index contributed by atoms with van der Waals surface area (Å²) in [5, 5.41) is 9.16. The molecule has 1 heterocycles. The van der Waals surface area contributed by atoms with E-state index in [0.717, 1.165) is 10.5 Å². The monoisotopic (exact) mass is 262 g/mol. The Morgan fingerprint density at radius 3 is 2.15 bits per heavy atom. The Morgan fingerprint density at radius 2 is 1.60 bits per heavy atom. The van der Waals surface area contributed by atoms with Gasteiger partial charge in [-0.25, -0.2) is 4.90 Å². The molecule has 0 fully saturated rings. The van der Waals surface area contributed by atoms with Gasteiger partial charge in [0.1, 0.15) is 6.07 Å². The van der Waals surface area contributed by atoms with Crippen molar-refractivity contribution in [1.29, 1.82) is 5.26 Å². The van der Waals surface area contributed by atoms with Crippen LogP contribution in [0.15, 0.2) is 42.5 Å². The molecule has 2 aromatic rings. The maximum Gasteiger partial charge on any atom is 0.266 e. The van der Waals surface area contributed by atoms with Crippen LogP contribution in [0.25, 0.3) is 0 Å². The highest BCUT2D eigenvalue weighted by Crippen LogP contribution is 2.31. The molecule has 0 N–H and O–H groups in total. The van der Waals surface area contributed by atoms with E-state index in [9.17, 15) is 9.59 Å². The molecule has 0 saturated carbocycles. The fourth-order valence-electron chi connectivity index (χ4n) is 2.33. The number of imide groups is 1. The molecule has 0 unspecified atom stereocenters. The molecule has 1 aliphatic rings. The van der Waals surface area contributed by atoms with Crippen molar-refractivity contribution >= 4 is 17.5 Å². The van der Waals surface area contributed by atoms with Crippen LogP contribution < -0.4 is 4.90 Å². The van der Waals surface area contributed by atoms with Crippen LogP contribution >= 0.6 is 0 Å². The second kappa shape index (κ2) is 4.32. The smallest absolute Gasteiger partial charge is 0.266 e. The van der Waals surface area contributed by atoms with Gasteiger partial charge in [-0.3, -0.25) is 9.59 Å². The first-order valence-electron chi connectivity index (χ1n) is 6.12. The third kappa shape index (κ3) is 1.61. The lowest BCUT2D eigenvalue weighted by Crippen LogP contribution is -2.30. The van der Waals surface area contributed by atoms with Gasteiger partial charge in [-0.1, -0.05) is 18.2 Å². The number of hydrogen-bond acceptors (Lipinski definition) is 3. The standard InChI is InChI=1S/C16H10N2O2/c1-10-6-7-11(9-17)14(8-10)18-15(19)12-4-2-3-5-13(12)16(18)20/h2-8H,1H3. The molecule has 0 bridgehead atoms. The Hall–Kier alpha value is -2.93. The van der Waals surface area contributed by atoms with Crippen molar-refractivity contribution in [3.8, 4) is 6.07 Å². The summed E-state index contributed by atoms with van der Waals surface area (Å²) in [5.74, 6) is -0.764. The van der Waals surface area contributed by atoms with Crippen molar-refractivity contribution in [2.75, 3.05) is 4.90 Å². The molecule has 4 heteroatoms. The molecule has 4 nitrogen and oxygen atoms in total. The van der Waals surface area contributed by atoms with Gasteiger partial charge in [0.25, 0.3) is 11.8 Å². The molecule has 96 valence electrons. The van der Waals surface area contributed by atoms with Crippen LogP contribution in [0.1, 0.15) is 31.8 Å². The Morgan fingerprint density at radius 1 is 1.00 bits per heavy atom. The lowest BCUT2D eigenvalue weighted by Gasteiger charge is -2.16. The third-order valence-electron chi connectivity index (χ3n) is 3.31. The van der Waals surface area contributed by atoms with Crippen molar-refractivity contribution in [2.24, 2.45) is 0 Å². The van der Waals surface area contributed by atoms with Gasteiger partial charge in [-0.2, -0.15) is 5.26 Å². The molecule has 0 atom stereocenters. The molecule has 1 aliphatic heterocycles. The van der Waals surface area contributed by atoms with Crippen LogP contribution in [0, 0.1) is 18.3 Å². The normalized spacial score (nSPS) is 13.3. The van der Waals surface area contributed by atoms with E-state index in [1.54, 1.807) is 42.5 Å². The van der Waals surface area contributed by atoms with E-state index < -0.39 is 0 Å². The highest BCUT2D eigenvalue weighted by atomic mass is 16.2. The summed E-state index contributed by atoms with van der Waals surface area (Å²) in [7, 11) is 0. The quantitative estimate of drug-likeness (QED) is 0.742. The Kier molecular flexibility index (Phi) is 2.62. The first-order valence-corrected chi connectivity index (χ1v) is 6.12. The summed E-state index contributed by atoms with van der Waals surface area (Å²) >= 11 is 0. The lowest BCUT2D eigenvalue weighted by atomic mass is 10.1. The molecular weight excluding hydrogens is 252 g/mol. The number of hydrogen-bond donors (Lipinski definition) is 0. The summed E-state index contributed by atoms with van der Waals surface area (Å²) in [6.07, 6.45) is 0. The van der Waals surface area contributed by atoms with Gasteiger partial charge >= 0.3 is 0 Å². The summed E-state index contributed by atoms with van der Waals surface area (Å²) in [6, 6.07) is 13.8. The molecule has 0 saturated heterocycles. The number of nitrogens with zero attached hydrogens (tertiary/aromatic N) is 2. The van der Waals surface area contributed by atoms with E-state index in [0.29, 0.717) is 22.4 Å². The topological polar surface area (TPSA) is 61.2 Å². The zero-order valence-electron chi connectivity index (χ0n) is 10.8. The molecule has 3 rings (SSSR count). The van der Waals surface area contributed by atoms with E-state index in [4.69, 9.17) is 5.26 Å². The number of benzene rings is 2. The van der Waals surface area contributed by atoms with Gasteiger partial charge < -0.3 is 0 Å². The van der Waals surface area contributed by atoms with Gasteiger partial charge in [-0.05, 0) is 36.8 Å². The predicted molar refractivity (Wildman–Crippen MR) is 73.5 cm³/mol. The minimum Gasteiger partial charge on any atom is -0.268 e. The molecule has 2 amide bonds. The van der Waals surface area contributed by atoms with E-state index in [2.05, 4.69) is 0 Å². The molecule has 20 heavy (non-hydrogen) atoms. The Balaban J connectivity index is 2.19. The highest BCUT2D eigenvalue weighted by molar-refractivity contribution is 6.34. The summed E-state index contributed by atoms with van der Waals surface area (Å²) in [4.78, 5) is 25.8. The molecule has 0 aromatic heterocycles. The average Bonchev–Trinajstić information content (AvgIpc) is 2.71. The van der Waals surface area contributed by atoms with E-state index in [1.807, 2.05) is 13.0 Å². The van der Waals surface area contributed by atoms with E-state index >= 15 is 0 Å². The molecule has 0 spiro atoms. The first kappa shape index (κ1) is 12.1. The SMILES string of the molecule is Cc1ccc(C#N)c(N2C(=O)c3ccccc3C2=O)c1. The maximum absolute atomic E-state index is 12.4. The van der Waals surface area contributed by atoms with Gasteiger partial charge in [0.15, 0.2) is 0 Å². The molecule has 0 radical (unpaired) electrons. The van der Waals surface area contributed by atoms with Crippen molar-refractivity contribution < 1.29 is 9.59 Å². The van der Waals surface area contributed by atoms with Crippen molar-refractivity contribution in [2.45, 2.75) is 6.92 Å². The number of rotatable bonds is 1. The highest BCUT2D eigenvalue weighted by Gasteiger charge is 2.37. The van der Waals surface area contributed by atoms with E-state index in [-0.39, 0.29) is 11.8 Å². The minimum absolute atomic E-state index is 0.310. The largest absolute Gasteiger partial charge is 0.268 e. The fraction of sp³-hybridized carbons (Fsp3) is 0.0625. The van der Waals surface area contributed by atoms with Crippen LogP contribution in [0.4, 0.5) is 5.69 Å². The second-order valence-electron chi connectivity index (χ2n) is 4.62. The third-order valence-corrected chi connectivity index (χ3v) is 3.31. The number of carbonyl (C=O) groups excluding carboxylic acids is 2. The van der Waals surface area contributed by atoms with Crippen LogP contribution in [0.2, 0.25) is 0 Å². The minimum atomic E-state index is -0.382. The van der Waals surface area contributed by atoms with Crippen molar-refractivity contribution in [1.82, 2.24) is 0 Å². The van der Waals surface area contributed by atoms with Gasteiger partial charge in [0.2, 0.25) is 0 Å². The maximum atomic E-state index is 12.4. The molecule has 2 aromatic carbocycles. The fourth-order valence-corrected chi connectivity index (χ4v) is 2.33. The van der Waals surface area contributed by atoms with Crippen LogP contribution in [0.3, 0.4) is 0 Å². The Bertz CT molecular complexity index is 752. The summed E-state index contributed by atoms with van der Waals surface area (Å²) in [5.41, 5.74) is 2.30. The first-order chi connectivity index (χ1) is 9.63. The van der Waals surface area contributed by atoms with Crippen LogP contribution in [-0.4, -0.2) is 11.8 Å². The van der Waals surface area contributed by atoms with Crippen LogP contribution in [-0.2, 0) is 0 Å². The summed E-state index contributed by atoms with van der Waals surface area (Å²) < 4.78 is 0. The zero-order chi connectivity index (χ0) is 14.3. The predicted octanol–water partition coefficient (Wildman–Crippen LogP) is 2.67. The van der Waals surface area contributed by atoms with Gasteiger partial charge in [-0.15, -0.1) is 0 Å². The van der Waals surface area contributed by atoms with Gasteiger partial charge in [0.05, 0.1) is 22.4 Å². The van der Waals surface area contributed by atoms with E-state index in [1.165, 1.54) is 0 Å². The van der Waals surface area contributed by atoms with Gasteiger partial charge in [0, 0.05) is 0 Å². The molecular formula is C16H10N2O2. The van der Waals surface area contributed by atoms with Crippen molar-refractivity contribution in [3.63, 3.8) is 0 Å². The number of nitriles is 1. The number of aryl methyl sites for hydroxylation is 1. The number of carbonyl (C=O) groups is 2. The Labute approximate surface area is 115 Å². The second-order valence-corrected chi connectivity index (χ2v) is 4.62. The number of anilines is 1. The lowest BCUT2D eigenvalue weighted by molar-refractivity contribution is 0.0926. The number of amides is 2. The zero-order valence-corrected chi connectivity index (χ0v) is 10.8.